The van der Waals surface area contributed by atoms with Gasteiger partial charge in [0, 0.05) is 12.1 Å². The Morgan fingerprint density at radius 1 is 1.64 bits per heavy atom. The van der Waals surface area contributed by atoms with E-state index in [2.05, 4.69) is 24.9 Å². The van der Waals surface area contributed by atoms with Crippen molar-refractivity contribution in [3.63, 3.8) is 0 Å². The lowest BCUT2D eigenvalue weighted by Crippen LogP contribution is -2.38. The molecule has 1 aliphatic carbocycles. The number of nitrogens with zero attached hydrogens (tertiary/aromatic N) is 1. The fourth-order valence-corrected chi connectivity index (χ4v) is 2.13. The van der Waals surface area contributed by atoms with Gasteiger partial charge in [-0.1, -0.05) is 12.5 Å². The van der Waals surface area contributed by atoms with Gasteiger partial charge in [-0.15, -0.1) is 6.58 Å². The standard InChI is InChI=1S/C12H20N2/c1-3-4-6-10(2)14-12-8-5-7-11(12)9-13/h3,10-12,14H,1,4-8H2,2H3. The molecule has 0 amide bonds. The van der Waals surface area contributed by atoms with Crippen molar-refractivity contribution < 1.29 is 0 Å². The summed E-state index contributed by atoms with van der Waals surface area (Å²) < 4.78 is 0. The minimum Gasteiger partial charge on any atom is -0.310 e. The molecule has 1 N–H and O–H groups in total. The van der Waals surface area contributed by atoms with Gasteiger partial charge in [0.1, 0.15) is 0 Å². The van der Waals surface area contributed by atoms with Crippen LogP contribution in [-0.2, 0) is 0 Å². The molecule has 1 aliphatic rings. The molecule has 3 atom stereocenters. The second kappa shape index (κ2) is 5.82. The van der Waals surface area contributed by atoms with E-state index in [9.17, 15) is 0 Å². The smallest absolute Gasteiger partial charge is 0.0672 e. The molecule has 78 valence electrons. The first kappa shape index (κ1) is 11.3. The molecule has 0 aromatic rings. The molecule has 0 aromatic carbocycles. The third-order valence-electron chi connectivity index (χ3n) is 2.98. The molecule has 0 aromatic heterocycles. The average Bonchev–Trinajstić information content (AvgIpc) is 2.62. The van der Waals surface area contributed by atoms with Crippen LogP contribution < -0.4 is 5.32 Å². The number of allylic oxidation sites excluding steroid dienone is 1. The summed E-state index contributed by atoms with van der Waals surface area (Å²) in [6, 6.07) is 3.33. The van der Waals surface area contributed by atoms with Crippen molar-refractivity contribution in [3.8, 4) is 6.07 Å². The number of hydrogen-bond donors (Lipinski definition) is 1. The zero-order chi connectivity index (χ0) is 10.4. The van der Waals surface area contributed by atoms with Crippen molar-refractivity contribution in [1.29, 1.82) is 5.26 Å². The summed E-state index contributed by atoms with van der Waals surface area (Å²) in [5.41, 5.74) is 0. The van der Waals surface area contributed by atoms with Crippen LogP contribution >= 0.6 is 0 Å². The first-order valence-electron chi connectivity index (χ1n) is 5.54. The number of hydrogen-bond acceptors (Lipinski definition) is 2. The largest absolute Gasteiger partial charge is 0.310 e. The van der Waals surface area contributed by atoms with Crippen LogP contribution in [0.5, 0.6) is 0 Å². The molecular formula is C12H20N2. The minimum absolute atomic E-state index is 0.237. The first-order chi connectivity index (χ1) is 6.77. The van der Waals surface area contributed by atoms with Crippen molar-refractivity contribution in [2.45, 2.75) is 51.1 Å². The Balaban J connectivity index is 2.28. The quantitative estimate of drug-likeness (QED) is 0.680. The number of nitrogens with one attached hydrogen (secondary N) is 1. The Bertz CT molecular complexity index is 217. The third-order valence-corrected chi connectivity index (χ3v) is 2.98. The van der Waals surface area contributed by atoms with Gasteiger partial charge in [-0.2, -0.15) is 5.26 Å². The zero-order valence-corrected chi connectivity index (χ0v) is 9.00. The molecule has 2 heteroatoms. The second-order valence-corrected chi connectivity index (χ2v) is 4.21. The summed E-state index contributed by atoms with van der Waals surface area (Å²) >= 11 is 0. The van der Waals surface area contributed by atoms with Crippen LogP contribution in [0.15, 0.2) is 12.7 Å². The highest BCUT2D eigenvalue weighted by molar-refractivity contribution is 4.97. The van der Waals surface area contributed by atoms with Crippen LogP contribution in [0.2, 0.25) is 0 Å². The van der Waals surface area contributed by atoms with Crippen molar-refractivity contribution in [2.75, 3.05) is 0 Å². The van der Waals surface area contributed by atoms with Crippen LogP contribution in [0.4, 0.5) is 0 Å². The Kier molecular flexibility index (Phi) is 4.69. The molecule has 1 saturated carbocycles. The Morgan fingerprint density at radius 3 is 3.07 bits per heavy atom. The lowest BCUT2D eigenvalue weighted by atomic mass is 10.0. The predicted octanol–water partition coefficient (Wildman–Crippen LogP) is 2.62. The number of rotatable bonds is 5. The maximum absolute atomic E-state index is 8.92. The maximum Gasteiger partial charge on any atom is 0.0672 e. The van der Waals surface area contributed by atoms with Gasteiger partial charge < -0.3 is 5.32 Å². The van der Waals surface area contributed by atoms with Gasteiger partial charge in [0.25, 0.3) is 0 Å². The van der Waals surface area contributed by atoms with Crippen LogP contribution in [-0.4, -0.2) is 12.1 Å². The van der Waals surface area contributed by atoms with E-state index < -0.39 is 0 Å². The zero-order valence-electron chi connectivity index (χ0n) is 9.00. The highest BCUT2D eigenvalue weighted by Gasteiger charge is 2.27. The summed E-state index contributed by atoms with van der Waals surface area (Å²) in [5.74, 6) is 0.237. The molecule has 2 nitrogen and oxygen atoms in total. The van der Waals surface area contributed by atoms with Crippen molar-refractivity contribution >= 4 is 0 Å². The molecule has 0 aliphatic heterocycles. The summed E-state index contributed by atoms with van der Waals surface area (Å²) in [6.45, 7) is 5.91. The van der Waals surface area contributed by atoms with E-state index in [0.717, 1.165) is 25.7 Å². The van der Waals surface area contributed by atoms with Gasteiger partial charge >= 0.3 is 0 Å². The van der Waals surface area contributed by atoms with E-state index in [1.807, 2.05) is 6.08 Å². The highest BCUT2D eigenvalue weighted by Crippen LogP contribution is 2.25. The van der Waals surface area contributed by atoms with E-state index >= 15 is 0 Å². The molecule has 14 heavy (non-hydrogen) atoms. The molecule has 1 fully saturated rings. The van der Waals surface area contributed by atoms with Crippen molar-refractivity contribution in [2.24, 2.45) is 5.92 Å². The molecule has 3 unspecified atom stereocenters. The van der Waals surface area contributed by atoms with E-state index in [1.54, 1.807) is 0 Å². The van der Waals surface area contributed by atoms with Crippen molar-refractivity contribution in [1.82, 2.24) is 5.32 Å². The highest BCUT2D eigenvalue weighted by atomic mass is 15.0. The summed E-state index contributed by atoms with van der Waals surface area (Å²) in [5, 5.41) is 12.5. The Hall–Kier alpha value is -0.810. The normalized spacial score (nSPS) is 28.3. The summed E-state index contributed by atoms with van der Waals surface area (Å²) in [4.78, 5) is 0. The molecule has 0 spiro atoms. The molecular weight excluding hydrogens is 172 g/mol. The van der Waals surface area contributed by atoms with Gasteiger partial charge in [-0.05, 0) is 32.6 Å². The second-order valence-electron chi connectivity index (χ2n) is 4.21. The topological polar surface area (TPSA) is 35.8 Å². The van der Waals surface area contributed by atoms with Crippen LogP contribution in [0.1, 0.15) is 39.0 Å². The third kappa shape index (κ3) is 3.16. The fourth-order valence-electron chi connectivity index (χ4n) is 2.13. The Morgan fingerprint density at radius 2 is 2.43 bits per heavy atom. The lowest BCUT2D eigenvalue weighted by Gasteiger charge is -2.21. The van der Waals surface area contributed by atoms with Crippen LogP contribution in [0, 0.1) is 17.2 Å². The summed E-state index contributed by atoms with van der Waals surface area (Å²) in [6.07, 6.45) is 7.56. The maximum atomic E-state index is 8.92. The molecule has 0 bridgehead atoms. The Labute approximate surface area is 87.0 Å². The number of nitriles is 1. The molecule has 1 rings (SSSR count). The van der Waals surface area contributed by atoms with Gasteiger partial charge in [0.2, 0.25) is 0 Å². The van der Waals surface area contributed by atoms with Crippen LogP contribution in [0.3, 0.4) is 0 Å². The van der Waals surface area contributed by atoms with E-state index in [-0.39, 0.29) is 5.92 Å². The monoisotopic (exact) mass is 192 g/mol. The first-order valence-corrected chi connectivity index (χ1v) is 5.54. The summed E-state index contributed by atoms with van der Waals surface area (Å²) in [7, 11) is 0. The van der Waals surface area contributed by atoms with Crippen molar-refractivity contribution in [3.05, 3.63) is 12.7 Å². The van der Waals surface area contributed by atoms with Gasteiger partial charge in [-0.3, -0.25) is 0 Å². The minimum atomic E-state index is 0.237. The molecule has 0 saturated heterocycles. The SMILES string of the molecule is C=CCCC(C)NC1CCCC1C#N. The average molecular weight is 192 g/mol. The van der Waals surface area contributed by atoms with Gasteiger partial charge in [0.05, 0.1) is 12.0 Å². The van der Waals surface area contributed by atoms with E-state index in [4.69, 9.17) is 5.26 Å². The van der Waals surface area contributed by atoms with Gasteiger partial charge in [0.15, 0.2) is 0 Å². The fraction of sp³-hybridized carbons (Fsp3) is 0.750. The lowest BCUT2D eigenvalue weighted by molar-refractivity contribution is 0.398. The van der Waals surface area contributed by atoms with E-state index in [1.165, 1.54) is 6.42 Å². The van der Waals surface area contributed by atoms with Crippen LogP contribution in [0.25, 0.3) is 0 Å². The van der Waals surface area contributed by atoms with E-state index in [0.29, 0.717) is 12.1 Å². The van der Waals surface area contributed by atoms with Gasteiger partial charge in [-0.25, -0.2) is 0 Å². The predicted molar refractivity (Wildman–Crippen MR) is 58.8 cm³/mol. The molecule has 0 radical (unpaired) electrons. The molecule has 0 heterocycles.